The zero-order chi connectivity index (χ0) is 11.5. The monoisotopic (exact) mass is 219 g/mol. The second-order valence-corrected chi connectivity index (χ2v) is 4.25. The molecule has 1 aromatic rings. The maximum Gasteiger partial charge on any atom is 0.193 e. The van der Waals surface area contributed by atoms with Crippen LogP contribution >= 0.6 is 0 Å². The Bertz CT molecular complexity index is 395. The molecule has 0 amide bonds. The Morgan fingerprint density at radius 3 is 2.94 bits per heavy atom. The van der Waals surface area contributed by atoms with E-state index in [1.165, 1.54) is 0 Å². The van der Waals surface area contributed by atoms with Crippen molar-refractivity contribution >= 4 is 5.78 Å². The third-order valence-corrected chi connectivity index (χ3v) is 2.88. The molecule has 86 valence electrons. The van der Waals surface area contributed by atoms with Crippen LogP contribution in [-0.4, -0.2) is 31.6 Å². The standard InChI is InChI=1S/C13H17NO2/c1-9-3-4-10(2)11(7-9)13(15)12-8-14-5-6-16-12/h3-4,7,12,14H,5-6,8H2,1-2H3. The molecule has 1 aliphatic rings. The first-order valence-electron chi connectivity index (χ1n) is 5.62. The van der Waals surface area contributed by atoms with E-state index in [4.69, 9.17) is 4.74 Å². The van der Waals surface area contributed by atoms with E-state index in [-0.39, 0.29) is 11.9 Å². The molecule has 0 bridgehead atoms. The SMILES string of the molecule is Cc1ccc(C)c(C(=O)C2CNCCO2)c1. The van der Waals surface area contributed by atoms with E-state index in [1.807, 2.05) is 32.0 Å². The number of nitrogens with one attached hydrogen (secondary N) is 1. The average Bonchev–Trinajstić information content (AvgIpc) is 2.32. The number of rotatable bonds is 2. The number of hydrogen-bond acceptors (Lipinski definition) is 3. The number of carbonyl (C=O) groups excluding carboxylic acids is 1. The van der Waals surface area contributed by atoms with Crippen molar-refractivity contribution < 1.29 is 9.53 Å². The zero-order valence-corrected chi connectivity index (χ0v) is 9.75. The number of aryl methyl sites for hydroxylation is 2. The minimum absolute atomic E-state index is 0.0911. The first-order chi connectivity index (χ1) is 7.68. The quantitative estimate of drug-likeness (QED) is 0.766. The van der Waals surface area contributed by atoms with Crippen LogP contribution in [0.5, 0.6) is 0 Å². The van der Waals surface area contributed by atoms with Gasteiger partial charge in [0.05, 0.1) is 6.61 Å². The van der Waals surface area contributed by atoms with Crippen LogP contribution in [-0.2, 0) is 4.74 Å². The topological polar surface area (TPSA) is 38.3 Å². The van der Waals surface area contributed by atoms with Crippen molar-refractivity contribution in [1.29, 1.82) is 0 Å². The molecular weight excluding hydrogens is 202 g/mol. The third kappa shape index (κ3) is 2.31. The van der Waals surface area contributed by atoms with Gasteiger partial charge in [-0.05, 0) is 25.5 Å². The highest BCUT2D eigenvalue weighted by Crippen LogP contribution is 2.14. The molecule has 2 rings (SSSR count). The van der Waals surface area contributed by atoms with Crippen LogP contribution in [0.15, 0.2) is 18.2 Å². The number of morpholine rings is 1. The Morgan fingerprint density at radius 2 is 2.25 bits per heavy atom. The molecule has 0 spiro atoms. The zero-order valence-electron chi connectivity index (χ0n) is 9.75. The number of carbonyl (C=O) groups is 1. The number of benzene rings is 1. The van der Waals surface area contributed by atoms with Gasteiger partial charge in [-0.15, -0.1) is 0 Å². The molecule has 1 atom stereocenters. The minimum atomic E-state index is -0.325. The number of ketones is 1. The highest BCUT2D eigenvalue weighted by Gasteiger charge is 2.24. The molecule has 1 N–H and O–H groups in total. The molecule has 1 aliphatic heterocycles. The lowest BCUT2D eigenvalue weighted by Crippen LogP contribution is -2.43. The Labute approximate surface area is 95.8 Å². The van der Waals surface area contributed by atoms with Gasteiger partial charge in [0.15, 0.2) is 5.78 Å². The van der Waals surface area contributed by atoms with Gasteiger partial charge in [0, 0.05) is 18.7 Å². The lowest BCUT2D eigenvalue weighted by Gasteiger charge is -2.23. The summed E-state index contributed by atoms with van der Waals surface area (Å²) in [6.45, 7) is 6.02. The van der Waals surface area contributed by atoms with Gasteiger partial charge in [-0.25, -0.2) is 0 Å². The fourth-order valence-corrected chi connectivity index (χ4v) is 1.91. The van der Waals surface area contributed by atoms with Crippen molar-refractivity contribution in [2.24, 2.45) is 0 Å². The van der Waals surface area contributed by atoms with Crippen LogP contribution < -0.4 is 5.32 Å². The molecule has 1 heterocycles. The molecule has 16 heavy (non-hydrogen) atoms. The number of hydrogen-bond donors (Lipinski definition) is 1. The van der Waals surface area contributed by atoms with Gasteiger partial charge in [-0.1, -0.05) is 17.7 Å². The predicted octanol–water partition coefficient (Wildman–Crippen LogP) is 1.47. The molecule has 3 nitrogen and oxygen atoms in total. The fourth-order valence-electron chi connectivity index (χ4n) is 1.91. The Balaban J connectivity index is 2.22. The molecule has 3 heteroatoms. The van der Waals surface area contributed by atoms with Crippen LogP contribution in [0.1, 0.15) is 21.5 Å². The number of Topliss-reactive ketones (excluding diaryl/α,β-unsaturated/α-hetero) is 1. The summed E-state index contributed by atoms with van der Waals surface area (Å²) in [5.41, 5.74) is 2.91. The van der Waals surface area contributed by atoms with Gasteiger partial charge >= 0.3 is 0 Å². The van der Waals surface area contributed by atoms with Gasteiger partial charge in [0.2, 0.25) is 0 Å². The van der Waals surface area contributed by atoms with E-state index in [1.54, 1.807) is 0 Å². The second-order valence-electron chi connectivity index (χ2n) is 4.25. The maximum absolute atomic E-state index is 12.2. The summed E-state index contributed by atoms with van der Waals surface area (Å²) in [6.07, 6.45) is -0.325. The highest BCUT2D eigenvalue weighted by molar-refractivity contribution is 6.01. The van der Waals surface area contributed by atoms with Crippen molar-refractivity contribution in [1.82, 2.24) is 5.32 Å². The molecule has 1 unspecified atom stereocenters. The second kappa shape index (κ2) is 4.76. The normalized spacial score (nSPS) is 20.8. The van der Waals surface area contributed by atoms with E-state index in [9.17, 15) is 4.79 Å². The first-order valence-corrected chi connectivity index (χ1v) is 5.62. The van der Waals surface area contributed by atoms with Crippen molar-refractivity contribution in [2.45, 2.75) is 20.0 Å². The van der Waals surface area contributed by atoms with Gasteiger partial charge in [0.25, 0.3) is 0 Å². The highest BCUT2D eigenvalue weighted by atomic mass is 16.5. The van der Waals surface area contributed by atoms with Crippen LogP contribution in [0, 0.1) is 13.8 Å². The Morgan fingerprint density at radius 1 is 1.44 bits per heavy atom. The van der Waals surface area contributed by atoms with Gasteiger partial charge < -0.3 is 10.1 Å². The van der Waals surface area contributed by atoms with Crippen molar-refractivity contribution in [3.63, 3.8) is 0 Å². The lowest BCUT2D eigenvalue weighted by molar-refractivity contribution is 0.0269. The molecule has 1 saturated heterocycles. The molecule has 0 aromatic heterocycles. The fraction of sp³-hybridized carbons (Fsp3) is 0.462. The molecule has 0 radical (unpaired) electrons. The van der Waals surface area contributed by atoms with Crippen LogP contribution in [0.3, 0.4) is 0 Å². The summed E-state index contributed by atoms with van der Waals surface area (Å²) in [5.74, 6) is 0.0911. The maximum atomic E-state index is 12.2. The summed E-state index contributed by atoms with van der Waals surface area (Å²) in [4.78, 5) is 12.2. The van der Waals surface area contributed by atoms with E-state index in [2.05, 4.69) is 5.32 Å². The van der Waals surface area contributed by atoms with Gasteiger partial charge in [-0.3, -0.25) is 4.79 Å². The lowest BCUT2D eigenvalue weighted by atomic mass is 9.98. The van der Waals surface area contributed by atoms with E-state index < -0.39 is 0 Å². The summed E-state index contributed by atoms with van der Waals surface area (Å²) < 4.78 is 5.48. The van der Waals surface area contributed by atoms with E-state index >= 15 is 0 Å². The Kier molecular flexibility index (Phi) is 3.36. The summed E-state index contributed by atoms with van der Waals surface area (Å²) in [7, 11) is 0. The van der Waals surface area contributed by atoms with Gasteiger partial charge in [0.1, 0.15) is 6.10 Å². The van der Waals surface area contributed by atoms with Crippen molar-refractivity contribution in [2.75, 3.05) is 19.7 Å². The number of ether oxygens (including phenoxy) is 1. The van der Waals surface area contributed by atoms with Crippen LogP contribution in [0.25, 0.3) is 0 Å². The van der Waals surface area contributed by atoms with Gasteiger partial charge in [-0.2, -0.15) is 0 Å². The molecule has 0 saturated carbocycles. The first kappa shape index (κ1) is 11.3. The van der Waals surface area contributed by atoms with Crippen molar-refractivity contribution in [3.05, 3.63) is 34.9 Å². The van der Waals surface area contributed by atoms with Crippen LogP contribution in [0.2, 0.25) is 0 Å². The molecule has 0 aliphatic carbocycles. The largest absolute Gasteiger partial charge is 0.367 e. The minimum Gasteiger partial charge on any atom is -0.367 e. The van der Waals surface area contributed by atoms with E-state index in [0.717, 1.165) is 23.2 Å². The third-order valence-electron chi connectivity index (χ3n) is 2.88. The molecular formula is C13H17NO2. The Hall–Kier alpha value is -1.19. The smallest absolute Gasteiger partial charge is 0.193 e. The van der Waals surface area contributed by atoms with E-state index in [0.29, 0.717) is 13.2 Å². The van der Waals surface area contributed by atoms with Crippen LogP contribution in [0.4, 0.5) is 0 Å². The molecule has 1 aromatic carbocycles. The summed E-state index contributed by atoms with van der Waals surface area (Å²) in [6, 6.07) is 5.94. The predicted molar refractivity (Wildman–Crippen MR) is 62.9 cm³/mol. The summed E-state index contributed by atoms with van der Waals surface area (Å²) >= 11 is 0. The molecule has 1 fully saturated rings. The van der Waals surface area contributed by atoms with Crippen molar-refractivity contribution in [3.8, 4) is 0 Å². The average molecular weight is 219 g/mol. The summed E-state index contributed by atoms with van der Waals surface area (Å²) in [5, 5.41) is 3.17.